The van der Waals surface area contributed by atoms with E-state index >= 15 is 0 Å². The number of ether oxygens (including phenoxy) is 2. The molecule has 0 fully saturated rings. The van der Waals surface area contributed by atoms with Crippen molar-refractivity contribution in [1.82, 2.24) is 0 Å². The molecule has 0 saturated carbocycles. The van der Waals surface area contributed by atoms with Gasteiger partial charge in [0.2, 0.25) is 0 Å². The summed E-state index contributed by atoms with van der Waals surface area (Å²) in [5, 5.41) is 0. The van der Waals surface area contributed by atoms with Gasteiger partial charge in [0, 0.05) is 0 Å². The van der Waals surface area contributed by atoms with Crippen LogP contribution in [0.25, 0.3) is 0 Å². The quantitative estimate of drug-likeness (QED) is 0.255. The lowest BCUT2D eigenvalue weighted by molar-refractivity contribution is -0.138. The van der Waals surface area contributed by atoms with Crippen LogP contribution >= 0.6 is 0 Å². The molecule has 0 aromatic heterocycles. The lowest BCUT2D eigenvalue weighted by Crippen LogP contribution is -2.43. The Morgan fingerprint density at radius 1 is 0.688 bits per heavy atom. The van der Waals surface area contributed by atoms with Gasteiger partial charge in [-0.25, -0.2) is 9.59 Å². The molecule has 0 aliphatic heterocycles. The van der Waals surface area contributed by atoms with Crippen LogP contribution in [-0.4, -0.2) is 33.2 Å². The first kappa shape index (κ1) is 28.4. The van der Waals surface area contributed by atoms with Crippen molar-refractivity contribution in [3.63, 3.8) is 0 Å². The number of allylic oxidation sites excluding steroid dienone is 1. The summed E-state index contributed by atoms with van der Waals surface area (Å²) < 4.78 is 11.0. The maximum atomic E-state index is 13.4. The third-order valence-corrected chi connectivity index (χ3v) is 13.7. The zero-order valence-electron chi connectivity index (χ0n) is 22.5. The van der Waals surface area contributed by atoms with E-state index < -0.39 is 8.07 Å². The maximum Gasteiger partial charge on any atom is 0.339 e. The molecule has 1 aliphatic carbocycles. The summed E-state index contributed by atoms with van der Waals surface area (Å²) in [6.45, 7) is 26.3. The summed E-state index contributed by atoms with van der Waals surface area (Å²) >= 11 is 0. The molecule has 1 rings (SSSR count). The number of esters is 2. The van der Waals surface area contributed by atoms with E-state index in [1.807, 2.05) is 27.7 Å². The van der Waals surface area contributed by atoms with Crippen LogP contribution in [-0.2, 0) is 19.1 Å². The fraction of sp³-hybridized carbons (Fsp3) is 0.704. The molecule has 182 valence electrons. The van der Waals surface area contributed by atoms with Gasteiger partial charge in [-0.05, 0) is 59.0 Å². The standard InChI is InChI=1S/C27H46O4Si/c1-13-30-26(28)24-21(15-32(18(7)8,19(9)10)20(11)12)22(16(3)4)25(23(24)17(5)6)27(29)31-14-2/h15-20H,13-14H2,1-12H3/b21-15-. The molecule has 32 heavy (non-hydrogen) atoms. The number of carbonyl (C=O) groups is 2. The molecule has 0 saturated heterocycles. The lowest BCUT2D eigenvalue weighted by Gasteiger charge is -2.41. The van der Waals surface area contributed by atoms with Gasteiger partial charge in [-0.15, -0.1) is 0 Å². The highest BCUT2D eigenvalue weighted by Gasteiger charge is 2.45. The molecule has 0 aromatic carbocycles. The Kier molecular flexibility index (Phi) is 10.2. The lowest BCUT2D eigenvalue weighted by atomic mass is 9.91. The van der Waals surface area contributed by atoms with Crippen LogP contribution in [0.5, 0.6) is 0 Å². The number of hydrogen-bond donors (Lipinski definition) is 0. The molecule has 0 spiro atoms. The summed E-state index contributed by atoms with van der Waals surface area (Å²) in [4.78, 5) is 26.6. The third-order valence-electron chi connectivity index (χ3n) is 6.88. The summed E-state index contributed by atoms with van der Waals surface area (Å²) in [5.41, 5.74) is 7.68. The fourth-order valence-corrected chi connectivity index (χ4v) is 11.4. The molecule has 0 atom stereocenters. The van der Waals surface area contributed by atoms with Crippen LogP contribution in [0, 0.1) is 11.8 Å². The molecular weight excluding hydrogens is 416 g/mol. The highest BCUT2D eigenvalue weighted by molar-refractivity contribution is 6.88. The van der Waals surface area contributed by atoms with Crippen LogP contribution in [0.2, 0.25) is 16.6 Å². The van der Waals surface area contributed by atoms with Crippen LogP contribution in [0.1, 0.15) is 83.1 Å². The first-order chi connectivity index (χ1) is 14.8. The van der Waals surface area contributed by atoms with Gasteiger partial charge in [0.25, 0.3) is 0 Å². The number of rotatable bonds is 10. The molecule has 0 N–H and O–H groups in total. The minimum atomic E-state index is -2.03. The van der Waals surface area contributed by atoms with Gasteiger partial charge in [0.05, 0.1) is 32.4 Å². The van der Waals surface area contributed by atoms with E-state index in [-0.39, 0.29) is 23.8 Å². The Morgan fingerprint density at radius 3 is 1.38 bits per heavy atom. The van der Waals surface area contributed by atoms with Crippen molar-refractivity contribution >= 4 is 20.0 Å². The van der Waals surface area contributed by atoms with E-state index in [0.717, 1.165) is 16.7 Å². The van der Waals surface area contributed by atoms with Crippen molar-refractivity contribution in [2.75, 3.05) is 13.2 Å². The van der Waals surface area contributed by atoms with Gasteiger partial charge in [0.15, 0.2) is 0 Å². The predicted molar refractivity (Wildman–Crippen MR) is 136 cm³/mol. The largest absolute Gasteiger partial charge is 0.462 e. The molecule has 0 unspecified atom stereocenters. The summed E-state index contributed by atoms with van der Waals surface area (Å²) in [7, 11) is -2.03. The monoisotopic (exact) mass is 462 g/mol. The summed E-state index contributed by atoms with van der Waals surface area (Å²) in [6.07, 6.45) is 0. The maximum absolute atomic E-state index is 13.4. The molecule has 0 amide bonds. The Balaban J connectivity index is 4.19. The van der Waals surface area contributed by atoms with Crippen LogP contribution in [0.4, 0.5) is 0 Å². The third kappa shape index (κ3) is 5.30. The topological polar surface area (TPSA) is 52.6 Å². The molecule has 0 bridgehead atoms. The van der Waals surface area contributed by atoms with Gasteiger partial charge in [-0.2, -0.15) is 0 Å². The highest BCUT2D eigenvalue weighted by Crippen LogP contribution is 2.49. The van der Waals surface area contributed by atoms with Gasteiger partial charge >= 0.3 is 11.9 Å². The van der Waals surface area contributed by atoms with Gasteiger partial charge in [0.1, 0.15) is 0 Å². The molecule has 4 nitrogen and oxygen atoms in total. The normalized spacial score (nSPS) is 16.6. The Bertz CT molecular complexity index is 773. The molecule has 1 aliphatic rings. The van der Waals surface area contributed by atoms with Crippen molar-refractivity contribution in [3.8, 4) is 0 Å². The second-order valence-electron chi connectivity index (χ2n) is 10.3. The van der Waals surface area contributed by atoms with Crippen molar-refractivity contribution < 1.29 is 19.1 Å². The Hall–Kier alpha value is -1.62. The van der Waals surface area contributed by atoms with Crippen LogP contribution in [0.15, 0.2) is 33.6 Å². The van der Waals surface area contributed by atoms with E-state index in [0.29, 0.717) is 41.0 Å². The van der Waals surface area contributed by atoms with E-state index in [9.17, 15) is 9.59 Å². The van der Waals surface area contributed by atoms with Crippen molar-refractivity contribution in [1.29, 1.82) is 0 Å². The molecule has 5 heteroatoms. The van der Waals surface area contributed by atoms with Crippen LogP contribution in [0.3, 0.4) is 0 Å². The van der Waals surface area contributed by atoms with E-state index in [1.54, 1.807) is 0 Å². The van der Waals surface area contributed by atoms with Crippen molar-refractivity contribution in [2.24, 2.45) is 11.8 Å². The molecule has 0 radical (unpaired) electrons. The molecule has 0 heterocycles. The van der Waals surface area contributed by atoms with E-state index in [2.05, 4.69) is 61.1 Å². The summed E-state index contributed by atoms with van der Waals surface area (Å²) in [5.74, 6) is -0.615. The Labute approximate surface area is 197 Å². The highest BCUT2D eigenvalue weighted by atomic mass is 28.3. The summed E-state index contributed by atoms with van der Waals surface area (Å²) in [6, 6.07) is 0. The first-order valence-electron chi connectivity index (χ1n) is 12.4. The molecule has 0 aromatic rings. The van der Waals surface area contributed by atoms with Gasteiger partial charge in [-0.3, -0.25) is 0 Å². The van der Waals surface area contributed by atoms with Crippen molar-refractivity contribution in [3.05, 3.63) is 33.6 Å². The van der Waals surface area contributed by atoms with Crippen molar-refractivity contribution in [2.45, 2.75) is 99.7 Å². The second-order valence-corrected chi connectivity index (χ2v) is 16.1. The zero-order chi connectivity index (χ0) is 25.0. The predicted octanol–water partition coefficient (Wildman–Crippen LogP) is 7.18. The van der Waals surface area contributed by atoms with Gasteiger partial charge in [-0.1, -0.05) is 74.9 Å². The average molecular weight is 463 g/mol. The molecular formula is C27H46O4Si. The first-order valence-corrected chi connectivity index (χ1v) is 14.7. The number of hydrogen-bond acceptors (Lipinski definition) is 4. The Morgan fingerprint density at radius 2 is 1.06 bits per heavy atom. The minimum Gasteiger partial charge on any atom is -0.462 e. The van der Waals surface area contributed by atoms with E-state index in [4.69, 9.17) is 9.47 Å². The van der Waals surface area contributed by atoms with Gasteiger partial charge < -0.3 is 9.47 Å². The van der Waals surface area contributed by atoms with E-state index in [1.165, 1.54) is 0 Å². The van der Waals surface area contributed by atoms with Crippen LogP contribution < -0.4 is 0 Å². The number of carbonyl (C=O) groups excluding carboxylic acids is 2. The minimum absolute atomic E-state index is 0.0123. The SMILES string of the molecule is CCOC(=O)C1=C(C(C)C)/C(=C/[Si](C(C)C)(C(C)C)C(C)C)C(C(=O)OCC)=C1C(C)C. The smallest absolute Gasteiger partial charge is 0.339 e. The fourth-order valence-electron chi connectivity index (χ4n) is 5.61. The average Bonchev–Trinajstić information content (AvgIpc) is 3.00. The zero-order valence-corrected chi connectivity index (χ0v) is 23.5. The second kappa shape index (κ2) is 11.5.